The van der Waals surface area contributed by atoms with Crippen LogP contribution in [0.1, 0.15) is 45.1 Å². The van der Waals surface area contributed by atoms with E-state index < -0.39 is 10.0 Å². The highest BCUT2D eigenvalue weighted by Gasteiger charge is 2.11. The molecule has 1 aromatic rings. The molecule has 0 amide bonds. The number of hydrogen-bond acceptors (Lipinski definition) is 5. The third-order valence-electron chi connectivity index (χ3n) is 3.04. The Morgan fingerprint density at radius 3 is 2.50 bits per heavy atom. The zero-order valence-corrected chi connectivity index (χ0v) is 13.8. The summed E-state index contributed by atoms with van der Waals surface area (Å²) in [5, 5.41) is 15.9. The standard InChI is InChI=1S/C15H23N3O3S/c1-3-4-8-11-22(20,21)18-16-15(12-13(2)17-19)14-9-6-5-7-10-14/h5-7,9-10,18-19H,3-4,8,11-12H2,1-2H3/b16-15+,17-13+. The molecule has 0 aromatic heterocycles. The molecule has 0 aliphatic rings. The van der Waals surface area contributed by atoms with Gasteiger partial charge >= 0.3 is 0 Å². The van der Waals surface area contributed by atoms with E-state index in [0.717, 1.165) is 18.4 Å². The summed E-state index contributed by atoms with van der Waals surface area (Å²) in [6, 6.07) is 9.20. The van der Waals surface area contributed by atoms with Crippen LogP contribution in [0.25, 0.3) is 0 Å². The van der Waals surface area contributed by atoms with E-state index in [1.165, 1.54) is 0 Å². The van der Waals surface area contributed by atoms with Crippen molar-refractivity contribution in [3.8, 4) is 0 Å². The Kier molecular flexibility index (Phi) is 7.59. The number of unbranched alkanes of at least 4 members (excludes halogenated alkanes) is 2. The molecule has 0 bridgehead atoms. The summed E-state index contributed by atoms with van der Waals surface area (Å²) < 4.78 is 23.8. The maximum absolute atomic E-state index is 11.9. The van der Waals surface area contributed by atoms with Crippen molar-refractivity contribution in [2.24, 2.45) is 10.3 Å². The second-order valence-electron chi connectivity index (χ2n) is 5.05. The minimum atomic E-state index is -3.44. The van der Waals surface area contributed by atoms with Crippen LogP contribution in [-0.2, 0) is 10.0 Å². The van der Waals surface area contributed by atoms with Gasteiger partial charge in [-0.3, -0.25) is 0 Å². The van der Waals surface area contributed by atoms with Crippen molar-refractivity contribution < 1.29 is 13.6 Å². The number of nitrogens with zero attached hydrogens (tertiary/aromatic N) is 2. The van der Waals surface area contributed by atoms with Crippen molar-refractivity contribution >= 4 is 21.4 Å². The van der Waals surface area contributed by atoms with Crippen LogP contribution in [0.4, 0.5) is 0 Å². The third-order valence-corrected chi connectivity index (χ3v) is 4.23. The van der Waals surface area contributed by atoms with E-state index in [0.29, 0.717) is 17.8 Å². The summed E-state index contributed by atoms with van der Waals surface area (Å²) in [7, 11) is -3.44. The lowest BCUT2D eigenvalue weighted by molar-refractivity contribution is 0.318. The first kappa shape index (κ1) is 18.2. The molecule has 1 rings (SSSR count). The van der Waals surface area contributed by atoms with Gasteiger partial charge < -0.3 is 5.21 Å². The fourth-order valence-electron chi connectivity index (χ4n) is 1.83. The molecule has 0 radical (unpaired) electrons. The fourth-order valence-corrected chi connectivity index (χ4v) is 2.75. The van der Waals surface area contributed by atoms with Gasteiger partial charge in [-0.05, 0) is 18.9 Å². The molecule has 122 valence electrons. The van der Waals surface area contributed by atoms with Crippen LogP contribution in [0.5, 0.6) is 0 Å². The highest BCUT2D eigenvalue weighted by atomic mass is 32.2. The maximum atomic E-state index is 11.9. The topological polar surface area (TPSA) is 91.1 Å². The number of hydrogen-bond donors (Lipinski definition) is 2. The predicted octanol–water partition coefficient (Wildman–Crippen LogP) is 2.74. The van der Waals surface area contributed by atoms with Crippen molar-refractivity contribution in [2.75, 3.05) is 5.75 Å². The number of nitrogens with one attached hydrogen (secondary N) is 1. The van der Waals surface area contributed by atoms with Crippen LogP contribution < -0.4 is 4.83 Å². The number of benzene rings is 1. The average Bonchev–Trinajstić information content (AvgIpc) is 2.52. The molecule has 0 fully saturated rings. The lowest BCUT2D eigenvalue weighted by atomic mass is 10.1. The minimum absolute atomic E-state index is 0.0550. The smallest absolute Gasteiger partial charge is 0.247 e. The van der Waals surface area contributed by atoms with Crippen molar-refractivity contribution in [3.05, 3.63) is 35.9 Å². The van der Waals surface area contributed by atoms with Crippen molar-refractivity contribution in [1.29, 1.82) is 0 Å². The maximum Gasteiger partial charge on any atom is 0.247 e. The summed E-state index contributed by atoms with van der Waals surface area (Å²) in [6.45, 7) is 3.66. The largest absolute Gasteiger partial charge is 0.411 e. The summed E-state index contributed by atoms with van der Waals surface area (Å²) in [4.78, 5) is 2.27. The molecule has 0 heterocycles. The quantitative estimate of drug-likeness (QED) is 0.316. The van der Waals surface area contributed by atoms with Crippen LogP contribution >= 0.6 is 0 Å². The van der Waals surface area contributed by atoms with E-state index in [4.69, 9.17) is 5.21 Å². The van der Waals surface area contributed by atoms with Gasteiger partial charge in [-0.25, -0.2) is 13.2 Å². The second-order valence-corrected chi connectivity index (χ2v) is 6.87. The normalized spacial score (nSPS) is 13.2. The van der Waals surface area contributed by atoms with E-state index >= 15 is 0 Å². The van der Waals surface area contributed by atoms with Crippen molar-refractivity contribution in [1.82, 2.24) is 4.83 Å². The number of sulfonamides is 1. The Morgan fingerprint density at radius 1 is 1.23 bits per heavy atom. The van der Waals surface area contributed by atoms with Gasteiger partial charge in [0.2, 0.25) is 10.0 Å². The van der Waals surface area contributed by atoms with Crippen LogP contribution in [0, 0.1) is 0 Å². The first-order valence-corrected chi connectivity index (χ1v) is 8.92. The van der Waals surface area contributed by atoms with Gasteiger partial charge in [-0.15, -0.1) is 0 Å². The highest BCUT2D eigenvalue weighted by molar-refractivity contribution is 7.89. The third kappa shape index (κ3) is 6.71. The molecule has 7 heteroatoms. The second kappa shape index (κ2) is 9.19. The summed E-state index contributed by atoms with van der Waals surface area (Å²) in [6.07, 6.45) is 2.70. The lowest BCUT2D eigenvalue weighted by Crippen LogP contribution is -2.24. The Morgan fingerprint density at radius 2 is 1.91 bits per heavy atom. The Bertz CT molecular complexity index is 610. The van der Waals surface area contributed by atoms with E-state index in [1.807, 2.05) is 37.3 Å². The molecule has 0 saturated heterocycles. The molecule has 0 aliphatic carbocycles. The Hall–Kier alpha value is -1.89. The molecular formula is C15H23N3O3S. The van der Waals surface area contributed by atoms with Gasteiger partial charge in [0.1, 0.15) is 0 Å². The molecule has 0 unspecified atom stereocenters. The zero-order valence-electron chi connectivity index (χ0n) is 13.0. The van der Waals surface area contributed by atoms with Gasteiger partial charge in [0.05, 0.1) is 17.2 Å². The van der Waals surface area contributed by atoms with E-state index in [2.05, 4.69) is 15.1 Å². The fraction of sp³-hybridized carbons (Fsp3) is 0.467. The lowest BCUT2D eigenvalue weighted by Gasteiger charge is -2.08. The van der Waals surface area contributed by atoms with Gasteiger partial charge in [0.15, 0.2) is 0 Å². The SMILES string of the molecule is CCCCCS(=O)(=O)N/N=C(\C/C(C)=N/O)c1ccccc1. The summed E-state index contributed by atoms with van der Waals surface area (Å²) in [5.41, 5.74) is 1.74. The molecular weight excluding hydrogens is 302 g/mol. The number of oxime groups is 1. The molecule has 0 saturated carbocycles. The van der Waals surface area contributed by atoms with Crippen LogP contribution in [0.15, 0.2) is 40.6 Å². The van der Waals surface area contributed by atoms with Crippen LogP contribution in [-0.4, -0.2) is 30.8 Å². The monoisotopic (exact) mass is 325 g/mol. The minimum Gasteiger partial charge on any atom is -0.411 e. The van der Waals surface area contributed by atoms with E-state index in [-0.39, 0.29) is 12.2 Å². The van der Waals surface area contributed by atoms with Gasteiger partial charge in [-0.1, -0.05) is 55.3 Å². The number of hydrazone groups is 1. The summed E-state index contributed by atoms with van der Waals surface area (Å²) in [5.74, 6) is 0.0550. The van der Waals surface area contributed by atoms with Gasteiger partial charge in [-0.2, -0.15) is 5.10 Å². The predicted molar refractivity (Wildman–Crippen MR) is 88.9 cm³/mol. The Labute approximate surface area is 132 Å². The van der Waals surface area contributed by atoms with Crippen molar-refractivity contribution in [3.63, 3.8) is 0 Å². The first-order valence-electron chi connectivity index (χ1n) is 7.27. The molecule has 0 spiro atoms. The highest BCUT2D eigenvalue weighted by Crippen LogP contribution is 2.06. The van der Waals surface area contributed by atoms with E-state index in [9.17, 15) is 8.42 Å². The number of rotatable bonds is 9. The van der Waals surface area contributed by atoms with Gasteiger partial charge in [0.25, 0.3) is 0 Å². The zero-order chi connectivity index (χ0) is 16.4. The molecule has 2 N–H and O–H groups in total. The van der Waals surface area contributed by atoms with Crippen LogP contribution in [0.3, 0.4) is 0 Å². The van der Waals surface area contributed by atoms with E-state index in [1.54, 1.807) is 6.92 Å². The molecule has 6 nitrogen and oxygen atoms in total. The molecule has 0 aliphatic heterocycles. The molecule has 1 aromatic carbocycles. The van der Waals surface area contributed by atoms with Crippen LogP contribution in [0.2, 0.25) is 0 Å². The molecule has 22 heavy (non-hydrogen) atoms. The molecule has 0 atom stereocenters. The summed E-state index contributed by atoms with van der Waals surface area (Å²) >= 11 is 0. The Balaban J connectivity index is 2.87. The average molecular weight is 325 g/mol. The van der Waals surface area contributed by atoms with Crippen molar-refractivity contribution in [2.45, 2.75) is 39.5 Å². The first-order chi connectivity index (χ1) is 10.5. The van der Waals surface area contributed by atoms with Gasteiger partial charge in [0, 0.05) is 6.42 Å².